The molecule has 0 atom stereocenters. The average molecular weight is 490 g/mol. The normalized spacial score (nSPS) is 22.5. The molecule has 0 aromatic heterocycles. The Hall–Kier alpha value is -1.76. The monoisotopic (exact) mass is 489 g/mol. The Labute approximate surface area is 173 Å². The number of hydrogen-bond donors (Lipinski definition) is 1. The maximum atomic E-state index is 14.5. The summed E-state index contributed by atoms with van der Waals surface area (Å²) in [6.07, 6.45) is -1.46. The van der Waals surface area contributed by atoms with E-state index in [0.717, 1.165) is 18.2 Å². The summed E-state index contributed by atoms with van der Waals surface area (Å²) < 4.78 is 115. The van der Waals surface area contributed by atoms with Crippen molar-refractivity contribution in [3.8, 4) is 0 Å². The van der Waals surface area contributed by atoms with Crippen molar-refractivity contribution in [3.05, 3.63) is 64.7 Å². The van der Waals surface area contributed by atoms with Crippen molar-refractivity contribution >= 4 is 31.5 Å². The van der Waals surface area contributed by atoms with E-state index in [2.05, 4.69) is 0 Å². The average Bonchev–Trinajstić information content (AvgIpc) is 2.59. The molecule has 0 radical (unpaired) electrons. The fourth-order valence-corrected chi connectivity index (χ4v) is 6.47. The molecule has 1 aliphatic rings. The second kappa shape index (κ2) is 7.43. The topological polar surface area (TPSA) is 80.3 Å². The fourth-order valence-electron chi connectivity index (χ4n) is 3.38. The third-order valence-corrected chi connectivity index (χ3v) is 8.82. The number of benzene rings is 2. The number of sulfonamides is 1. The molecule has 0 bridgehead atoms. The predicted octanol–water partition coefficient (Wildman–Crippen LogP) is 3.89. The minimum atomic E-state index is -5.75. The van der Waals surface area contributed by atoms with Crippen molar-refractivity contribution in [1.82, 2.24) is 4.72 Å². The molecule has 1 aliphatic carbocycles. The van der Waals surface area contributed by atoms with Crippen LogP contribution in [0.4, 0.5) is 22.0 Å². The van der Waals surface area contributed by atoms with Crippen LogP contribution in [0, 0.1) is 11.6 Å². The molecular weight excluding hydrogens is 477 g/mol. The van der Waals surface area contributed by atoms with Crippen molar-refractivity contribution in [1.29, 1.82) is 0 Å². The Bertz CT molecular complexity index is 1180. The summed E-state index contributed by atoms with van der Waals surface area (Å²) >= 11 is 5.74. The van der Waals surface area contributed by atoms with E-state index >= 15 is 0 Å². The van der Waals surface area contributed by atoms with Crippen LogP contribution in [0.3, 0.4) is 0 Å². The molecule has 1 fully saturated rings. The van der Waals surface area contributed by atoms with Crippen LogP contribution in [0.25, 0.3) is 0 Å². The molecule has 0 saturated heterocycles. The van der Waals surface area contributed by atoms with Crippen LogP contribution in [0.5, 0.6) is 0 Å². The van der Waals surface area contributed by atoms with E-state index in [1.54, 1.807) is 0 Å². The van der Waals surface area contributed by atoms with Crippen molar-refractivity contribution in [2.24, 2.45) is 0 Å². The molecule has 13 heteroatoms. The Morgan fingerprint density at radius 3 is 2.07 bits per heavy atom. The molecule has 0 aliphatic heterocycles. The molecule has 1 N–H and O–H groups in total. The summed E-state index contributed by atoms with van der Waals surface area (Å²) in [5.74, 6) is -2.05. The molecule has 30 heavy (non-hydrogen) atoms. The lowest BCUT2D eigenvalue weighted by Crippen LogP contribution is -2.58. The minimum absolute atomic E-state index is 0.198. The van der Waals surface area contributed by atoms with Gasteiger partial charge in [-0.15, -0.1) is 0 Å². The maximum absolute atomic E-state index is 14.5. The number of halogens is 6. The van der Waals surface area contributed by atoms with Crippen LogP contribution in [0.2, 0.25) is 5.02 Å². The van der Waals surface area contributed by atoms with Crippen LogP contribution in [0.1, 0.15) is 18.4 Å². The standard InChI is InChI=1S/C17H13ClF5NO4S2/c18-10-1-4-13(5-2-10)29(25,26)16(14-7-11(19)3-6-15(14)20)8-12(9-16)24-30(27,28)17(21,22)23/h1-7,12,24H,8-9H2. The first-order valence-corrected chi connectivity index (χ1v) is 11.6. The zero-order valence-corrected chi connectivity index (χ0v) is 17.1. The number of rotatable bonds is 5. The minimum Gasteiger partial charge on any atom is -0.223 e. The number of nitrogens with one attached hydrogen (secondary N) is 1. The van der Waals surface area contributed by atoms with E-state index < -0.39 is 66.2 Å². The van der Waals surface area contributed by atoms with Crippen LogP contribution in [-0.2, 0) is 24.6 Å². The summed E-state index contributed by atoms with van der Waals surface area (Å²) in [5, 5.41) is 0.198. The van der Waals surface area contributed by atoms with Gasteiger partial charge in [0.25, 0.3) is 0 Å². The van der Waals surface area contributed by atoms with Gasteiger partial charge in [-0.05, 0) is 55.3 Å². The Morgan fingerprint density at radius 2 is 1.53 bits per heavy atom. The molecule has 5 nitrogen and oxygen atoms in total. The molecule has 0 unspecified atom stereocenters. The van der Waals surface area contributed by atoms with Gasteiger partial charge in [-0.3, -0.25) is 0 Å². The first-order valence-electron chi connectivity index (χ1n) is 8.24. The van der Waals surface area contributed by atoms with Gasteiger partial charge in [-0.2, -0.15) is 13.2 Å². The lowest BCUT2D eigenvalue weighted by atomic mass is 9.75. The van der Waals surface area contributed by atoms with Crippen LogP contribution >= 0.6 is 11.6 Å². The van der Waals surface area contributed by atoms with Gasteiger partial charge in [0.05, 0.1) is 4.90 Å². The van der Waals surface area contributed by atoms with E-state index in [4.69, 9.17) is 11.6 Å². The lowest BCUT2D eigenvalue weighted by Gasteiger charge is -2.47. The van der Waals surface area contributed by atoms with Gasteiger partial charge >= 0.3 is 15.5 Å². The van der Waals surface area contributed by atoms with E-state index in [1.165, 1.54) is 16.9 Å². The number of alkyl halides is 3. The smallest absolute Gasteiger partial charge is 0.223 e. The molecule has 0 spiro atoms. The molecule has 0 heterocycles. The molecule has 164 valence electrons. The van der Waals surface area contributed by atoms with Crippen molar-refractivity contribution in [2.75, 3.05) is 0 Å². The summed E-state index contributed by atoms with van der Waals surface area (Å²) in [6.45, 7) is 0. The third kappa shape index (κ3) is 3.81. The second-order valence-corrected chi connectivity index (χ2v) is 11.1. The Kier molecular flexibility index (Phi) is 5.68. The van der Waals surface area contributed by atoms with Crippen LogP contribution < -0.4 is 4.72 Å². The van der Waals surface area contributed by atoms with Gasteiger partial charge < -0.3 is 0 Å². The quantitative estimate of drug-likeness (QED) is 0.646. The van der Waals surface area contributed by atoms with Crippen LogP contribution in [0.15, 0.2) is 47.4 Å². The molecule has 2 aromatic rings. The van der Waals surface area contributed by atoms with E-state index in [9.17, 15) is 38.8 Å². The Balaban J connectivity index is 2.07. The van der Waals surface area contributed by atoms with Crippen molar-refractivity contribution in [2.45, 2.75) is 34.0 Å². The SMILES string of the molecule is O=S(=O)(NC1CC(c2cc(F)ccc2F)(S(=O)(=O)c2ccc(Cl)cc2)C1)C(F)(F)F. The lowest BCUT2D eigenvalue weighted by molar-refractivity contribution is -0.0455. The highest BCUT2D eigenvalue weighted by atomic mass is 35.5. The summed E-state index contributed by atoms with van der Waals surface area (Å²) in [4.78, 5) is -0.326. The fraction of sp³-hybridized carbons (Fsp3) is 0.294. The number of sulfone groups is 1. The highest BCUT2D eigenvalue weighted by Gasteiger charge is 2.59. The zero-order chi connectivity index (χ0) is 22.5. The highest BCUT2D eigenvalue weighted by molar-refractivity contribution is 7.92. The van der Waals surface area contributed by atoms with Gasteiger partial charge in [-0.1, -0.05) is 11.6 Å². The van der Waals surface area contributed by atoms with Gasteiger partial charge in [0.2, 0.25) is 0 Å². The first-order chi connectivity index (χ1) is 13.7. The molecule has 2 aromatic carbocycles. The van der Waals surface area contributed by atoms with Crippen molar-refractivity contribution in [3.63, 3.8) is 0 Å². The summed E-state index contributed by atoms with van der Waals surface area (Å²) in [6, 6.07) is 5.34. The molecule has 3 rings (SSSR count). The Morgan fingerprint density at radius 1 is 0.967 bits per heavy atom. The highest BCUT2D eigenvalue weighted by Crippen LogP contribution is 2.52. The van der Waals surface area contributed by atoms with E-state index in [1.807, 2.05) is 0 Å². The second-order valence-electron chi connectivity index (χ2n) is 6.75. The molecule has 0 amide bonds. The van der Waals surface area contributed by atoms with E-state index in [0.29, 0.717) is 12.1 Å². The van der Waals surface area contributed by atoms with E-state index in [-0.39, 0.29) is 9.92 Å². The van der Waals surface area contributed by atoms with Gasteiger partial charge in [0, 0.05) is 16.6 Å². The van der Waals surface area contributed by atoms with Gasteiger partial charge in [0.1, 0.15) is 16.4 Å². The summed E-state index contributed by atoms with van der Waals surface area (Å²) in [7, 11) is -10.2. The number of hydrogen-bond acceptors (Lipinski definition) is 4. The first kappa shape index (κ1) is 22.9. The third-order valence-electron chi connectivity index (χ3n) is 4.84. The van der Waals surface area contributed by atoms with Gasteiger partial charge in [0.15, 0.2) is 9.84 Å². The maximum Gasteiger partial charge on any atom is 0.511 e. The van der Waals surface area contributed by atoms with Crippen molar-refractivity contribution < 1.29 is 38.8 Å². The zero-order valence-electron chi connectivity index (χ0n) is 14.8. The largest absolute Gasteiger partial charge is 0.511 e. The summed E-state index contributed by atoms with van der Waals surface area (Å²) in [5.41, 5.74) is -6.20. The molecular formula is C17H13ClF5NO4S2. The molecule has 1 saturated carbocycles. The van der Waals surface area contributed by atoms with Gasteiger partial charge in [-0.25, -0.2) is 30.3 Å². The van der Waals surface area contributed by atoms with Crippen LogP contribution in [-0.4, -0.2) is 28.4 Å². The predicted molar refractivity (Wildman–Crippen MR) is 97.8 cm³/mol.